The third kappa shape index (κ3) is 3.25. The van der Waals surface area contributed by atoms with Crippen LogP contribution in [0.25, 0.3) is 0 Å². The van der Waals surface area contributed by atoms with Crippen molar-refractivity contribution < 1.29 is 0 Å². The first kappa shape index (κ1) is 15.1. The van der Waals surface area contributed by atoms with E-state index in [-0.39, 0.29) is 5.84 Å². The third-order valence-electron chi connectivity index (χ3n) is 4.12. The first-order chi connectivity index (χ1) is 9.52. The second-order valence-electron chi connectivity index (χ2n) is 5.36. The number of halogens is 1. The van der Waals surface area contributed by atoms with Crippen LogP contribution in [0.1, 0.15) is 25.8 Å². The minimum atomic E-state index is 0.0982. The van der Waals surface area contributed by atoms with Crippen LogP contribution in [0.2, 0.25) is 5.02 Å². The van der Waals surface area contributed by atoms with Gasteiger partial charge < -0.3 is 10.6 Å². The van der Waals surface area contributed by atoms with E-state index < -0.39 is 0 Å². The summed E-state index contributed by atoms with van der Waals surface area (Å²) in [6, 6.07) is 6.17. The van der Waals surface area contributed by atoms with Gasteiger partial charge in [0.25, 0.3) is 0 Å². The number of anilines is 1. The van der Waals surface area contributed by atoms with E-state index in [1.54, 1.807) is 6.07 Å². The van der Waals surface area contributed by atoms with Crippen LogP contribution < -0.4 is 10.6 Å². The van der Waals surface area contributed by atoms with Gasteiger partial charge in [-0.25, -0.2) is 0 Å². The maximum atomic E-state index is 7.70. The predicted octanol–water partition coefficient (Wildman–Crippen LogP) is 2.54. The fourth-order valence-electron chi connectivity index (χ4n) is 2.66. The first-order valence-electron chi connectivity index (χ1n) is 7.16. The van der Waals surface area contributed by atoms with Crippen LogP contribution in [-0.2, 0) is 0 Å². The Morgan fingerprint density at radius 3 is 2.55 bits per heavy atom. The molecule has 1 aliphatic rings. The Balaban J connectivity index is 2.14. The zero-order valence-electron chi connectivity index (χ0n) is 12.2. The van der Waals surface area contributed by atoms with E-state index >= 15 is 0 Å². The van der Waals surface area contributed by atoms with E-state index in [1.165, 1.54) is 6.42 Å². The zero-order valence-corrected chi connectivity index (χ0v) is 13.0. The lowest BCUT2D eigenvalue weighted by Crippen LogP contribution is -2.49. The minimum absolute atomic E-state index is 0.0982. The number of piperazine rings is 1. The molecule has 0 bridgehead atoms. The van der Waals surface area contributed by atoms with Crippen molar-refractivity contribution in [2.24, 2.45) is 5.73 Å². The highest BCUT2D eigenvalue weighted by Crippen LogP contribution is 2.26. The topological polar surface area (TPSA) is 56.4 Å². The van der Waals surface area contributed by atoms with Gasteiger partial charge in [-0.3, -0.25) is 10.3 Å². The van der Waals surface area contributed by atoms with Gasteiger partial charge in [0.15, 0.2) is 0 Å². The molecule has 2 rings (SSSR count). The molecule has 1 aromatic rings. The molecule has 0 saturated carbocycles. The van der Waals surface area contributed by atoms with Crippen LogP contribution in [0.5, 0.6) is 0 Å². The number of hydrogen-bond donors (Lipinski definition) is 2. The van der Waals surface area contributed by atoms with Crippen molar-refractivity contribution in [2.75, 3.05) is 31.1 Å². The van der Waals surface area contributed by atoms with Crippen LogP contribution >= 0.6 is 11.6 Å². The standard InChI is InChI=1S/C15H23ClN4/c1-3-11(2)19-6-8-20(9-7-19)14-10-12(16)4-5-13(14)15(17)18/h4-5,10-11H,3,6-9H2,1-2H3,(H3,17,18). The van der Waals surface area contributed by atoms with Gasteiger partial charge in [-0.2, -0.15) is 0 Å². The van der Waals surface area contributed by atoms with Crippen molar-refractivity contribution in [3.63, 3.8) is 0 Å². The van der Waals surface area contributed by atoms with Gasteiger partial charge in [0, 0.05) is 48.5 Å². The monoisotopic (exact) mass is 294 g/mol. The van der Waals surface area contributed by atoms with Gasteiger partial charge >= 0.3 is 0 Å². The lowest BCUT2D eigenvalue weighted by Gasteiger charge is -2.39. The molecule has 0 aromatic heterocycles. The molecule has 5 heteroatoms. The molecule has 1 saturated heterocycles. The van der Waals surface area contributed by atoms with Gasteiger partial charge in [0.2, 0.25) is 0 Å². The lowest BCUT2D eigenvalue weighted by atomic mass is 10.1. The number of nitrogens with zero attached hydrogens (tertiary/aromatic N) is 2. The predicted molar refractivity (Wildman–Crippen MR) is 86.0 cm³/mol. The highest BCUT2D eigenvalue weighted by Gasteiger charge is 2.22. The molecule has 1 unspecified atom stereocenters. The summed E-state index contributed by atoms with van der Waals surface area (Å²) in [6.07, 6.45) is 1.18. The Kier molecular flexibility index (Phi) is 4.89. The van der Waals surface area contributed by atoms with Gasteiger partial charge in [-0.15, -0.1) is 0 Å². The van der Waals surface area contributed by atoms with Crippen LogP contribution in [0, 0.1) is 5.41 Å². The highest BCUT2D eigenvalue weighted by molar-refractivity contribution is 6.31. The number of nitrogen functional groups attached to an aromatic ring is 1. The van der Waals surface area contributed by atoms with Crippen LogP contribution in [0.4, 0.5) is 5.69 Å². The van der Waals surface area contributed by atoms with Crippen molar-refractivity contribution in [2.45, 2.75) is 26.3 Å². The molecule has 1 aliphatic heterocycles. The Labute approximate surface area is 126 Å². The summed E-state index contributed by atoms with van der Waals surface area (Å²) in [7, 11) is 0. The number of benzene rings is 1. The van der Waals surface area contributed by atoms with E-state index in [0.29, 0.717) is 11.1 Å². The number of amidine groups is 1. The molecule has 0 aliphatic carbocycles. The molecule has 20 heavy (non-hydrogen) atoms. The molecule has 1 fully saturated rings. The molecule has 4 nitrogen and oxygen atoms in total. The van der Waals surface area contributed by atoms with Gasteiger partial charge in [-0.1, -0.05) is 18.5 Å². The zero-order chi connectivity index (χ0) is 14.7. The second-order valence-corrected chi connectivity index (χ2v) is 5.79. The van der Waals surface area contributed by atoms with Gasteiger partial charge in [0.05, 0.1) is 0 Å². The Bertz CT molecular complexity index is 481. The summed E-state index contributed by atoms with van der Waals surface area (Å²) in [5, 5.41) is 8.39. The normalized spacial score (nSPS) is 18.1. The van der Waals surface area contributed by atoms with Crippen LogP contribution in [-0.4, -0.2) is 43.0 Å². The van der Waals surface area contributed by atoms with Crippen LogP contribution in [0.15, 0.2) is 18.2 Å². The average molecular weight is 295 g/mol. The van der Waals surface area contributed by atoms with E-state index in [2.05, 4.69) is 23.6 Å². The van der Waals surface area contributed by atoms with Crippen molar-refractivity contribution in [3.05, 3.63) is 28.8 Å². The Hall–Kier alpha value is -1.26. The quantitative estimate of drug-likeness (QED) is 0.663. The lowest BCUT2D eigenvalue weighted by molar-refractivity contribution is 0.193. The summed E-state index contributed by atoms with van der Waals surface area (Å²) in [4.78, 5) is 4.79. The Morgan fingerprint density at radius 2 is 2.00 bits per heavy atom. The highest BCUT2D eigenvalue weighted by atomic mass is 35.5. The molecular weight excluding hydrogens is 272 g/mol. The van der Waals surface area contributed by atoms with Gasteiger partial charge in [-0.05, 0) is 31.5 Å². The summed E-state index contributed by atoms with van der Waals surface area (Å²) >= 11 is 6.09. The molecule has 110 valence electrons. The SMILES string of the molecule is CCC(C)N1CCN(c2cc(Cl)ccc2C(=N)N)CC1. The van der Waals surface area contributed by atoms with Crippen molar-refractivity contribution in [1.29, 1.82) is 5.41 Å². The second kappa shape index (κ2) is 6.46. The number of rotatable bonds is 4. The molecular formula is C15H23ClN4. The largest absolute Gasteiger partial charge is 0.384 e. The molecule has 0 amide bonds. The number of nitrogens with two attached hydrogens (primary N) is 1. The third-order valence-corrected chi connectivity index (χ3v) is 4.35. The van der Waals surface area contributed by atoms with Crippen molar-refractivity contribution in [1.82, 2.24) is 4.90 Å². The molecule has 3 N–H and O–H groups in total. The smallest absolute Gasteiger partial charge is 0.124 e. The van der Waals surface area contributed by atoms with E-state index in [0.717, 1.165) is 37.4 Å². The summed E-state index contributed by atoms with van der Waals surface area (Å²) in [5.74, 6) is 0.0982. The molecule has 0 radical (unpaired) electrons. The van der Waals surface area contributed by atoms with Crippen LogP contribution in [0.3, 0.4) is 0 Å². The van der Waals surface area contributed by atoms with E-state index in [9.17, 15) is 0 Å². The first-order valence-corrected chi connectivity index (χ1v) is 7.53. The number of nitrogens with one attached hydrogen (secondary N) is 1. The molecule has 1 heterocycles. The fraction of sp³-hybridized carbons (Fsp3) is 0.533. The Morgan fingerprint density at radius 1 is 1.35 bits per heavy atom. The summed E-state index contributed by atoms with van der Waals surface area (Å²) in [5.41, 5.74) is 7.42. The van der Waals surface area contributed by atoms with E-state index in [4.69, 9.17) is 22.7 Å². The molecule has 1 atom stereocenters. The van der Waals surface area contributed by atoms with E-state index in [1.807, 2.05) is 12.1 Å². The van der Waals surface area contributed by atoms with Crippen molar-refractivity contribution >= 4 is 23.1 Å². The minimum Gasteiger partial charge on any atom is -0.384 e. The maximum absolute atomic E-state index is 7.70. The fourth-order valence-corrected chi connectivity index (χ4v) is 2.82. The average Bonchev–Trinajstić information content (AvgIpc) is 2.46. The van der Waals surface area contributed by atoms with Crippen molar-refractivity contribution in [3.8, 4) is 0 Å². The maximum Gasteiger partial charge on any atom is 0.124 e. The summed E-state index contributed by atoms with van der Waals surface area (Å²) < 4.78 is 0. The molecule has 1 aromatic carbocycles. The molecule has 0 spiro atoms. The number of hydrogen-bond acceptors (Lipinski definition) is 3. The summed E-state index contributed by atoms with van der Waals surface area (Å²) in [6.45, 7) is 8.48. The van der Waals surface area contributed by atoms with Gasteiger partial charge in [0.1, 0.15) is 5.84 Å².